The lowest BCUT2D eigenvalue weighted by molar-refractivity contribution is 0.207. The number of oxime groups is 1. The molecule has 0 bridgehead atoms. The number of ether oxygens (including phenoxy) is 3. The van der Waals surface area contributed by atoms with Crippen molar-refractivity contribution in [3.8, 4) is 17.2 Å². The van der Waals surface area contributed by atoms with Gasteiger partial charge < -0.3 is 19.4 Å². The minimum absolute atomic E-state index is 0.404. The molecule has 2 aromatic rings. The molecule has 0 aliphatic carbocycles. The second-order valence-corrected chi connectivity index (χ2v) is 5.30. The van der Waals surface area contributed by atoms with Gasteiger partial charge in [0.15, 0.2) is 11.5 Å². The summed E-state index contributed by atoms with van der Waals surface area (Å²) in [5, 5.41) is 11.6. The van der Waals surface area contributed by atoms with Gasteiger partial charge in [-0.25, -0.2) is 0 Å². The van der Waals surface area contributed by atoms with Gasteiger partial charge in [0.25, 0.3) is 0 Å². The second-order valence-electron chi connectivity index (χ2n) is 5.30. The molecule has 0 aromatic heterocycles. The van der Waals surface area contributed by atoms with Crippen LogP contribution < -0.4 is 14.2 Å². The molecule has 0 heterocycles. The van der Waals surface area contributed by atoms with Crippen LogP contribution in [0.15, 0.2) is 41.6 Å². The minimum atomic E-state index is 0.404. The van der Waals surface area contributed by atoms with E-state index in [1.54, 1.807) is 18.2 Å². The molecular formula is C19H23NO4. The maximum atomic E-state index is 8.62. The highest BCUT2D eigenvalue weighted by Gasteiger charge is 2.07. The van der Waals surface area contributed by atoms with Crippen LogP contribution in [0.3, 0.4) is 0 Å². The van der Waals surface area contributed by atoms with E-state index in [0.717, 1.165) is 22.4 Å². The van der Waals surface area contributed by atoms with Gasteiger partial charge in [0, 0.05) is 5.56 Å². The van der Waals surface area contributed by atoms with Gasteiger partial charge >= 0.3 is 0 Å². The number of benzene rings is 2. The van der Waals surface area contributed by atoms with Crippen LogP contribution in [-0.2, 0) is 0 Å². The predicted molar refractivity (Wildman–Crippen MR) is 93.9 cm³/mol. The molecule has 5 nitrogen and oxygen atoms in total. The standard InChI is InChI=1S/C19H23NO4/c1-4-22-18-12-16(13-20-21)8-9-17(18)23-10-11-24-19-14(2)6-5-7-15(19)3/h5-9,12-13,21H,4,10-11H2,1-3H3/b20-13+. The van der Waals surface area contributed by atoms with Crippen molar-refractivity contribution < 1.29 is 19.4 Å². The smallest absolute Gasteiger partial charge is 0.161 e. The van der Waals surface area contributed by atoms with E-state index in [0.29, 0.717) is 31.3 Å². The number of aryl methyl sites for hydroxylation is 2. The molecular weight excluding hydrogens is 306 g/mol. The fourth-order valence-corrected chi connectivity index (χ4v) is 2.38. The highest BCUT2D eigenvalue weighted by molar-refractivity contribution is 5.80. The Hall–Kier alpha value is -2.69. The molecule has 24 heavy (non-hydrogen) atoms. The molecule has 2 aromatic carbocycles. The fraction of sp³-hybridized carbons (Fsp3) is 0.316. The van der Waals surface area contributed by atoms with E-state index in [-0.39, 0.29) is 0 Å². The van der Waals surface area contributed by atoms with E-state index in [4.69, 9.17) is 19.4 Å². The largest absolute Gasteiger partial charge is 0.490 e. The normalized spacial score (nSPS) is 10.8. The van der Waals surface area contributed by atoms with Gasteiger partial charge in [-0.2, -0.15) is 0 Å². The SMILES string of the molecule is CCOc1cc(/C=N/O)ccc1OCCOc1c(C)cccc1C. The summed E-state index contributed by atoms with van der Waals surface area (Å²) in [4.78, 5) is 0. The van der Waals surface area contributed by atoms with E-state index in [1.165, 1.54) is 6.21 Å². The lowest BCUT2D eigenvalue weighted by Crippen LogP contribution is -2.11. The summed E-state index contributed by atoms with van der Waals surface area (Å²) >= 11 is 0. The predicted octanol–water partition coefficient (Wildman–Crippen LogP) is 3.97. The third-order valence-corrected chi connectivity index (χ3v) is 3.47. The first-order valence-corrected chi connectivity index (χ1v) is 7.91. The van der Waals surface area contributed by atoms with E-state index in [9.17, 15) is 0 Å². The first kappa shape index (κ1) is 17.7. The molecule has 0 aliphatic rings. The number of hydrogen-bond donors (Lipinski definition) is 1. The Morgan fingerprint density at radius 2 is 1.67 bits per heavy atom. The van der Waals surface area contributed by atoms with E-state index in [2.05, 4.69) is 5.16 Å². The van der Waals surface area contributed by atoms with E-state index >= 15 is 0 Å². The van der Waals surface area contributed by atoms with Gasteiger partial charge in [0.1, 0.15) is 19.0 Å². The summed E-state index contributed by atoms with van der Waals surface area (Å²) in [6.45, 7) is 7.32. The van der Waals surface area contributed by atoms with Crippen LogP contribution in [-0.4, -0.2) is 31.2 Å². The zero-order valence-electron chi connectivity index (χ0n) is 14.3. The molecule has 0 radical (unpaired) electrons. The molecule has 0 saturated heterocycles. The number of rotatable bonds is 8. The average molecular weight is 329 g/mol. The summed E-state index contributed by atoms with van der Waals surface area (Å²) in [6, 6.07) is 11.4. The molecule has 0 amide bonds. The van der Waals surface area contributed by atoms with Crippen molar-refractivity contribution in [1.29, 1.82) is 0 Å². The Morgan fingerprint density at radius 3 is 2.33 bits per heavy atom. The average Bonchev–Trinajstić information content (AvgIpc) is 2.56. The van der Waals surface area contributed by atoms with E-state index < -0.39 is 0 Å². The fourth-order valence-electron chi connectivity index (χ4n) is 2.38. The Kier molecular flexibility index (Phi) is 6.49. The molecule has 2 rings (SSSR count). The van der Waals surface area contributed by atoms with Crippen LogP contribution >= 0.6 is 0 Å². The summed E-state index contributed by atoms with van der Waals surface area (Å²) in [6.07, 6.45) is 1.34. The quantitative estimate of drug-likeness (QED) is 0.344. The van der Waals surface area contributed by atoms with Crippen molar-refractivity contribution in [3.63, 3.8) is 0 Å². The summed E-state index contributed by atoms with van der Waals surface area (Å²) < 4.78 is 17.2. The highest BCUT2D eigenvalue weighted by atomic mass is 16.5. The van der Waals surface area contributed by atoms with Crippen molar-refractivity contribution in [2.45, 2.75) is 20.8 Å². The number of para-hydroxylation sites is 1. The molecule has 1 N–H and O–H groups in total. The van der Waals surface area contributed by atoms with Crippen molar-refractivity contribution in [2.24, 2.45) is 5.16 Å². The summed E-state index contributed by atoms with van der Waals surface area (Å²) in [7, 11) is 0. The van der Waals surface area contributed by atoms with Gasteiger partial charge in [-0.05, 0) is 50.1 Å². The Bertz CT molecular complexity index is 678. The zero-order chi connectivity index (χ0) is 17.4. The molecule has 0 aliphatic heterocycles. The maximum absolute atomic E-state index is 8.62. The van der Waals surface area contributed by atoms with Crippen LogP contribution in [0, 0.1) is 13.8 Å². The Labute approximate surface area is 142 Å². The first-order chi connectivity index (χ1) is 11.7. The monoisotopic (exact) mass is 329 g/mol. The van der Waals surface area contributed by atoms with Crippen LogP contribution in [0.1, 0.15) is 23.6 Å². The third kappa shape index (κ3) is 4.65. The summed E-state index contributed by atoms with van der Waals surface area (Å²) in [5.74, 6) is 2.15. The lowest BCUT2D eigenvalue weighted by Gasteiger charge is -2.14. The molecule has 0 spiro atoms. The van der Waals surface area contributed by atoms with Crippen LogP contribution in [0.4, 0.5) is 0 Å². The van der Waals surface area contributed by atoms with Crippen molar-refractivity contribution >= 4 is 6.21 Å². The molecule has 0 saturated carbocycles. The third-order valence-electron chi connectivity index (χ3n) is 3.47. The number of nitrogens with zero attached hydrogens (tertiary/aromatic N) is 1. The molecule has 0 unspecified atom stereocenters. The van der Waals surface area contributed by atoms with Crippen molar-refractivity contribution in [3.05, 3.63) is 53.1 Å². The minimum Gasteiger partial charge on any atom is -0.490 e. The van der Waals surface area contributed by atoms with Crippen LogP contribution in [0.25, 0.3) is 0 Å². The van der Waals surface area contributed by atoms with Crippen molar-refractivity contribution in [2.75, 3.05) is 19.8 Å². The number of hydrogen-bond acceptors (Lipinski definition) is 5. The van der Waals surface area contributed by atoms with Gasteiger partial charge in [0.05, 0.1) is 12.8 Å². The van der Waals surface area contributed by atoms with E-state index in [1.807, 2.05) is 39.0 Å². The molecule has 5 heteroatoms. The van der Waals surface area contributed by atoms with Gasteiger partial charge in [-0.3, -0.25) is 0 Å². The molecule has 0 atom stereocenters. The maximum Gasteiger partial charge on any atom is 0.161 e. The molecule has 128 valence electrons. The topological polar surface area (TPSA) is 60.3 Å². The van der Waals surface area contributed by atoms with Crippen molar-refractivity contribution in [1.82, 2.24) is 0 Å². The Balaban J connectivity index is 1.96. The first-order valence-electron chi connectivity index (χ1n) is 7.91. The van der Waals surface area contributed by atoms with Gasteiger partial charge in [-0.1, -0.05) is 23.4 Å². The van der Waals surface area contributed by atoms with Crippen LogP contribution in [0.2, 0.25) is 0 Å². The summed E-state index contributed by atoms with van der Waals surface area (Å²) in [5.41, 5.74) is 2.95. The molecule has 0 fully saturated rings. The second kappa shape index (κ2) is 8.82. The van der Waals surface area contributed by atoms with Crippen LogP contribution in [0.5, 0.6) is 17.2 Å². The van der Waals surface area contributed by atoms with Gasteiger partial charge in [0.2, 0.25) is 0 Å². The zero-order valence-corrected chi connectivity index (χ0v) is 14.3. The Morgan fingerprint density at radius 1 is 0.958 bits per heavy atom. The highest BCUT2D eigenvalue weighted by Crippen LogP contribution is 2.28. The lowest BCUT2D eigenvalue weighted by atomic mass is 10.1. The van der Waals surface area contributed by atoms with Gasteiger partial charge in [-0.15, -0.1) is 0 Å².